The average molecular weight is 1620 g/mol. The summed E-state index contributed by atoms with van der Waals surface area (Å²) in [6.07, 6.45) is 6.68. The van der Waals surface area contributed by atoms with Crippen LogP contribution in [0.3, 0.4) is 0 Å². The number of hydrogen-bond acceptors (Lipinski definition) is 8. The van der Waals surface area contributed by atoms with Crippen molar-refractivity contribution < 1.29 is 80.5 Å². The molecule has 2 fully saturated rings. The first kappa shape index (κ1) is 101. The molecule has 0 radical (unpaired) electrons. The Morgan fingerprint density at radius 2 is 0.290 bits per heavy atom. The van der Waals surface area contributed by atoms with Crippen LogP contribution in [0, 0.1) is 25.7 Å². The van der Waals surface area contributed by atoms with Gasteiger partial charge in [0.15, 0.2) is 0 Å². The van der Waals surface area contributed by atoms with E-state index in [2.05, 4.69) is 222 Å². The van der Waals surface area contributed by atoms with Crippen LogP contribution in [0.2, 0.25) is 0 Å². The van der Waals surface area contributed by atoms with Crippen LogP contribution in [0.4, 0.5) is 0 Å². The van der Waals surface area contributed by atoms with Crippen LogP contribution in [0.15, 0.2) is 194 Å². The summed E-state index contributed by atoms with van der Waals surface area (Å²) in [5.41, 5.74) is 0. The maximum atomic E-state index is 11.1. The van der Waals surface area contributed by atoms with E-state index < -0.39 is 47.3 Å². The van der Waals surface area contributed by atoms with Crippen LogP contribution in [0.25, 0.3) is 43.1 Å². The summed E-state index contributed by atoms with van der Waals surface area (Å²) in [6, 6.07) is 66.9. The summed E-state index contributed by atoms with van der Waals surface area (Å²) in [6.45, 7) is 40.6. The van der Waals surface area contributed by atoms with Gasteiger partial charge < -0.3 is 58.0 Å². The summed E-state index contributed by atoms with van der Waals surface area (Å²) in [4.78, 5) is 91.7. The molecular weight excluding hydrogens is 1500 g/mol. The second-order valence-electron chi connectivity index (χ2n) is 16.6. The first-order valence-corrected chi connectivity index (χ1v) is 32.5. The largest absolute Gasteiger partial charge is 2.00 e. The summed E-state index contributed by atoms with van der Waals surface area (Å²) in [5, 5.41) is 10.5. The number of hydrogen-bond donors (Lipinski definition) is 0. The zero-order chi connectivity index (χ0) is 71.1. The molecule has 0 bridgehead atoms. The van der Waals surface area contributed by atoms with Crippen molar-refractivity contribution in [2.75, 3.05) is 28.2 Å². The number of imide groups is 4. The van der Waals surface area contributed by atoms with E-state index >= 15 is 0 Å². The van der Waals surface area contributed by atoms with Gasteiger partial charge in [0.25, 0.3) is 0 Å². The number of benzene rings is 8. The number of amides is 8. The molecule has 0 aliphatic carbocycles. The second-order valence-corrected chi connectivity index (χ2v) is 16.6. The zero-order valence-corrected chi connectivity index (χ0v) is 66.6. The van der Waals surface area contributed by atoms with Gasteiger partial charge in [-0.2, -0.15) is 0 Å². The first-order chi connectivity index (χ1) is 44.1. The van der Waals surface area contributed by atoms with E-state index in [1.807, 2.05) is 111 Å². The molecule has 14 heteroatoms. The number of rotatable bonds is 1. The summed E-state index contributed by atoms with van der Waals surface area (Å²) in [7, 11) is 4.79. The van der Waals surface area contributed by atoms with Crippen LogP contribution >= 0.6 is 0 Å². The van der Waals surface area contributed by atoms with Gasteiger partial charge in [0.2, 0.25) is 0 Å². The predicted molar refractivity (Wildman–Crippen MR) is 391 cm³/mol. The van der Waals surface area contributed by atoms with Crippen molar-refractivity contribution in [2.45, 2.75) is 158 Å². The molecule has 8 aromatic carbocycles. The molecule has 0 spiro atoms. The maximum Gasteiger partial charge on any atom is 2.00 e. The van der Waals surface area contributed by atoms with Gasteiger partial charge in [-0.25, -0.2) is 25.7 Å². The van der Waals surface area contributed by atoms with Gasteiger partial charge in [-0.3, -0.25) is 0 Å². The fourth-order valence-electron chi connectivity index (χ4n) is 6.16. The Morgan fingerprint density at radius 1 is 0.215 bits per heavy atom. The molecular formula is C79H114N4O8W2. The molecule has 0 unspecified atom stereocenters. The van der Waals surface area contributed by atoms with Gasteiger partial charge in [0.1, 0.15) is 0 Å². The third kappa shape index (κ3) is 44.4. The quantitative estimate of drug-likeness (QED) is 0.116. The minimum Gasteiger partial charge on any atom is -0.335 e. The number of carbonyl (C=O) groups is 8. The Kier molecular flexibility index (Phi) is 76.4. The van der Waals surface area contributed by atoms with Crippen molar-refractivity contribution in [1.29, 1.82) is 0 Å². The van der Waals surface area contributed by atoms with Crippen molar-refractivity contribution in [3.63, 3.8) is 0 Å². The molecule has 93 heavy (non-hydrogen) atoms. The second kappa shape index (κ2) is 70.1. The predicted octanol–water partition coefficient (Wildman–Crippen LogP) is 19.5. The molecule has 510 valence electrons. The number of fused-ring (bicyclic) bond motifs is 4. The minimum absolute atomic E-state index is 0. The van der Waals surface area contributed by atoms with E-state index in [0.29, 0.717) is 45.3 Å². The maximum absolute atomic E-state index is 11.1. The molecule has 0 saturated carbocycles. The standard InChI is InChI=1S/4C10H8.2C8H8N2O4.C4H10.C3H8.8C2H6.2W/c4*1-2-6-10-8-4-3-7-9(10)5-1;2*1-9-5(11)3-7(13)10(2)8(14)4-6(9)12;1-3-4-2;1-3-2;8*1-2;;/h4*1-8H;2*3-4H,1-2H3;3-4H2,1-2H3;3H2,1-2H3;8*1-2H3;;/q;;;;2*-2;;;;;;;;;;;2*+2. The van der Waals surface area contributed by atoms with E-state index in [9.17, 15) is 38.4 Å². The van der Waals surface area contributed by atoms with Crippen LogP contribution in [-0.2, 0) is 80.5 Å². The Balaban J connectivity index is -0.000000146. The third-order valence-corrected chi connectivity index (χ3v) is 10.8. The van der Waals surface area contributed by atoms with E-state index in [0.717, 1.165) is 0 Å². The summed E-state index contributed by atoms with van der Waals surface area (Å²) < 4.78 is 0. The monoisotopic (exact) mass is 1610 g/mol. The molecule has 12 nitrogen and oxygen atoms in total. The van der Waals surface area contributed by atoms with Crippen molar-refractivity contribution in [3.05, 3.63) is 220 Å². The molecule has 0 atom stereocenters. The number of nitrogens with zero attached hydrogens (tertiary/aromatic N) is 4. The van der Waals surface area contributed by atoms with Gasteiger partial charge in [-0.15, -0.1) is 0 Å². The molecule has 8 amide bonds. The van der Waals surface area contributed by atoms with E-state index in [1.54, 1.807) is 0 Å². The fraction of sp³-hybridized carbons (Fsp3) is 0.342. The molecule has 2 aliphatic heterocycles. The van der Waals surface area contributed by atoms with Gasteiger partial charge in [-0.05, 0) is 43.1 Å². The van der Waals surface area contributed by atoms with Crippen molar-refractivity contribution in [3.8, 4) is 0 Å². The molecule has 2 aliphatic rings. The summed E-state index contributed by atoms with van der Waals surface area (Å²) >= 11 is 0. The molecule has 8 aromatic rings. The molecule has 0 aromatic heterocycles. The minimum atomic E-state index is -0.740. The van der Waals surface area contributed by atoms with Gasteiger partial charge in [0, 0.05) is 28.2 Å². The number of unbranched alkanes of at least 4 members (excludes halogenated alkanes) is 1. The average Bonchev–Trinajstić information content (AvgIpc) is 3.06. The van der Waals surface area contributed by atoms with Crippen molar-refractivity contribution in [2.24, 2.45) is 0 Å². The molecule has 2 saturated heterocycles. The SMILES string of the molecule is CC.CC.CC.CC.CC.CC.CC.CC.CCC.CCCC.CN1C(=O)[CH-]C(=O)N(C)C(=O)[CH-]C1=O.CN1C(=O)[CH-]C(=O)N(C)C(=O)[CH-]C1=O.[W+2].[W+2].c1ccc2ccccc2c1.c1ccc2ccccc2c1.c1ccc2ccccc2c1.c1ccc2ccccc2c1. The topological polar surface area (TPSA) is 150 Å². The van der Waals surface area contributed by atoms with Crippen molar-refractivity contribution in [1.82, 2.24) is 19.6 Å². The molecule has 0 N–H and O–H groups in total. The Hall–Kier alpha value is -7.78. The molecule has 10 rings (SSSR count). The number of carbonyl (C=O) groups excluding carboxylic acids is 8. The van der Waals surface area contributed by atoms with Crippen LogP contribution < -0.4 is 0 Å². The van der Waals surface area contributed by atoms with Crippen LogP contribution in [-0.4, -0.2) is 95.0 Å². The van der Waals surface area contributed by atoms with E-state index in [-0.39, 0.29) is 42.1 Å². The van der Waals surface area contributed by atoms with Gasteiger partial charge in [0.05, 0.1) is 47.3 Å². The van der Waals surface area contributed by atoms with E-state index in [4.69, 9.17) is 0 Å². The smallest absolute Gasteiger partial charge is 0.335 e. The normalized spacial score (nSPS) is 11.0. The third-order valence-electron chi connectivity index (χ3n) is 10.8. The van der Waals surface area contributed by atoms with E-state index in [1.165, 1.54) is 90.5 Å². The van der Waals surface area contributed by atoms with Crippen LogP contribution in [0.5, 0.6) is 0 Å². The van der Waals surface area contributed by atoms with Gasteiger partial charge >= 0.3 is 42.1 Å². The van der Waals surface area contributed by atoms with Gasteiger partial charge in [-0.1, -0.05) is 352 Å². The van der Waals surface area contributed by atoms with Crippen molar-refractivity contribution >= 4 is 90.3 Å². The Bertz CT molecular complexity index is 2420. The molecule has 2 heterocycles. The summed E-state index contributed by atoms with van der Waals surface area (Å²) in [5.74, 6) is -5.92. The van der Waals surface area contributed by atoms with Crippen LogP contribution in [0.1, 0.15) is 158 Å². The fourth-order valence-corrected chi connectivity index (χ4v) is 6.16. The Morgan fingerprint density at radius 3 is 0.355 bits per heavy atom. The first-order valence-electron chi connectivity index (χ1n) is 32.5. The Labute approximate surface area is 592 Å². The zero-order valence-electron chi connectivity index (χ0n) is 60.8.